The van der Waals surface area contributed by atoms with Crippen molar-refractivity contribution < 1.29 is 4.92 Å². The van der Waals surface area contributed by atoms with E-state index < -0.39 is 0 Å². The molecule has 0 saturated carbocycles. The van der Waals surface area contributed by atoms with Crippen LogP contribution in [0, 0.1) is 16.0 Å². The molecule has 1 saturated heterocycles. The van der Waals surface area contributed by atoms with E-state index in [0.29, 0.717) is 5.92 Å². The lowest BCUT2D eigenvalue weighted by atomic mass is 10.1. The van der Waals surface area contributed by atoms with Crippen molar-refractivity contribution in [2.75, 3.05) is 13.6 Å². The van der Waals surface area contributed by atoms with Gasteiger partial charge in [-0.1, -0.05) is 6.92 Å². The van der Waals surface area contributed by atoms with Gasteiger partial charge in [0.15, 0.2) is 0 Å². The van der Waals surface area contributed by atoms with Crippen LogP contribution in [-0.4, -0.2) is 23.4 Å². The van der Waals surface area contributed by atoms with Crippen LogP contribution >= 0.6 is 0 Å². The quantitative estimate of drug-likeness (QED) is 0.421. The van der Waals surface area contributed by atoms with Gasteiger partial charge in [-0.05, 0) is 6.42 Å². The minimum atomic E-state index is -0.381. The second-order valence-corrected chi connectivity index (χ2v) is 2.95. The van der Waals surface area contributed by atoms with Crippen molar-refractivity contribution in [3.8, 4) is 0 Å². The molecule has 0 amide bonds. The normalized spacial score (nSPS) is 28.0. The molecular weight excluding hydrogens is 144 g/mol. The van der Waals surface area contributed by atoms with Crippen molar-refractivity contribution in [3.05, 3.63) is 22.0 Å². The predicted octanol–water partition coefficient (Wildman–Crippen LogP) is 1.08. The Hall–Kier alpha value is -1.06. The molecule has 1 rings (SSSR count). The van der Waals surface area contributed by atoms with Gasteiger partial charge in [-0.3, -0.25) is 10.1 Å². The number of hydrogen-bond acceptors (Lipinski definition) is 3. The second-order valence-electron chi connectivity index (χ2n) is 2.95. The highest BCUT2D eigenvalue weighted by Gasteiger charge is 2.23. The predicted molar refractivity (Wildman–Crippen MR) is 41.5 cm³/mol. The van der Waals surface area contributed by atoms with Crippen LogP contribution in [0.2, 0.25) is 0 Å². The van der Waals surface area contributed by atoms with E-state index in [4.69, 9.17) is 0 Å². The van der Waals surface area contributed by atoms with Gasteiger partial charge in [0.2, 0.25) is 0 Å². The standard InChI is InChI=1S/C7H12N2O2/c1-6-3-4-8(2)7(6)5-9(10)11/h5-6H,3-4H2,1-2H3. The van der Waals surface area contributed by atoms with E-state index in [1.54, 1.807) is 0 Å². The third-order valence-corrected chi connectivity index (χ3v) is 2.08. The monoisotopic (exact) mass is 156 g/mol. The molecule has 0 aromatic heterocycles. The van der Waals surface area contributed by atoms with Crippen molar-refractivity contribution in [2.24, 2.45) is 5.92 Å². The third-order valence-electron chi connectivity index (χ3n) is 2.08. The summed E-state index contributed by atoms with van der Waals surface area (Å²) in [4.78, 5) is 11.7. The Kier molecular flexibility index (Phi) is 2.12. The summed E-state index contributed by atoms with van der Waals surface area (Å²) in [6, 6.07) is 0. The summed E-state index contributed by atoms with van der Waals surface area (Å²) >= 11 is 0. The van der Waals surface area contributed by atoms with Gasteiger partial charge in [0.25, 0.3) is 6.20 Å². The fraction of sp³-hybridized carbons (Fsp3) is 0.714. The summed E-state index contributed by atoms with van der Waals surface area (Å²) in [5, 5.41) is 10.1. The zero-order chi connectivity index (χ0) is 8.43. The van der Waals surface area contributed by atoms with Gasteiger partial charge < -0.3 is 4.90 Å². The first-order chi connectivity index (χ1) is 5.11. The zero-order valence-corrected chi connectivity index (χ0v) is 6.78. The van der Waals surface area contributed by atoms with Gasteiger partial charge in [0, 0.05) is 19.5 Å². The van der Waals surface area contributed by atoms with Crippen LogP contribution in [0.1, 0.15) is 13.3 Å². The van der Waals surface area contributed by atoms with E-state index in [0.717, 1.165) is 24.9 Å². The van der Waals surface area contributed by atoms with E-state index in [2.05, 4.69) is 0 Å². The average molecular weight is 156 g/mol. The summed E-state index contributed by atoms with van der Waals surface area (Å²) in [7, 11) is 1.89. The molecule has 0 N–H and O–H groups in total. The first kappa shape index (κ1) is 8.04. The van der Waals surface area contributed by atoms with Crippen molar-refractivity contribution in [1.82, 2.24) is 4.90 Å². The Morgan fingerprint density at radius 2 is 2.45 bits per heavy atom. The molecule has 62 valence electrons. The van der Waals surface area contributed by atoms with Gasteiger partial charge in [-0.25, -0.2) is 0 Å². The highest BCUT2D eigenvalue weighted by Crippen LogP contribution is 2.25. The molecule has 0 bridgehead atoms. The zero-order valence-electron chi connectivity index (χ0n) is 6.78. The molecule has 1 aliphatic rings. The molecule has 0 aliphatic carbocycles. The summed E-state index contributed by atoms with van der Waals surface area (Å²) in [6.07, 6.45) is 2.13. The Morgan fingerprint density at radius 3 is 2.82 bits per heavy atom. The number of nitrogens with zero attached hydrogens (tertiary/aromatic N) is 2. The Morgan fingerprint density at radius 1 is 1.82 bits per heavy atom. The van der Waals surface area contributed by atoms with E-state index in [1.807, 2.05) is 18.9 Å². The summed E-state index contributed by atoms with van der Waals surface area (Å²) in [5.74, 6) is 0.338. The molecule has 4 heteroatoms. The molecule has 1 atom stereocenters. The second kappa shape index (κ2) is 2.90. The van der Waals surface area contributed by atoms with Crippen LogP contribution in [-0.2, 0) is 0 Å². The summed E-state index contributed by atoms with van der Waals surface area (Å²) in [5.41, 5.74) is 0.843. The molecule has 11 heavy (non-hydrogen) atoms. The maximum Gasteiger partial charge on any atom is 0.253 e. The fourth-order valence-electron chi connectivity index (χ4n) is 1.37. The lowest BCUT2D eigenvalue weighted by Gasteiger charge is -2.11. The lowest BCUT2D eigenvalue weighted by molar-refractivity contribution is -0.404. The topological polar surface area (TPSA) is 46.4 Å². The first-order valence-corrected chi connectivity index (χ1v) is 3.67. The third kappa shape index (κ3) is 1.69. The Balaban J connectivity index is 2.75. The van der Waals surface area contributed by atoms with Gasteiger partial charge in [0.1, 0.15) is 0 Å². The summed E-state index contributed by atoms with van der Waals surface area (Å²) < 4.78 is 0. The highest BCUT2D eigenvalue weighted by atomic mass is 16.6. The first-order valence-electron chi connectivity index (χ1n) is 3.67. The SMILES string of the molecule is CC1CCN(C)C1=C[N+](=O)[O-]. The van der Waals surface area contributed by atoms with Crippen LogP contribution in [0.3, 0.4) is 0 Å². The van der Waals surface area contributed by atoms with E-state index in [1.165, 1.54) is 0 Å². The van der Waals surface area contributed by atoms with Crippen molar-refractivity contribution in [3.63, 3.8) is 0 Å². The van der Waals surface area contributed by atoms with Gasteiger partial charge in [-0.15, -0.1) is 0 Å². The molecule has 0 spiro atoms. The van der Waals surface area contributed by atoms with Crippen LogP contribution in [0.25, 0.3) is 0 Å². The van der Waals surface area contributed by atoms with Crippen LogP contribution < -0.4 is 0 Å². The highest BCUT2D eigenvalue weighted by molar-refractivity contribution is 5.05. The van der Waals surface area contributed by atoms with Crippen LogP contribution in [0.5, 0.6) is 0 Å². The van der Waals surface area contributed by atoms with Crippen molar-refractivity contribution >= 4 is 0 Å². The number of allylic oxidation sites excluding steroid dienone is 1. The number of hydrogen-bond donors (Lipinski definition) is 0. The molecule has 0 radical (unpaired) electrons. The fourth-order valence-corrected chi connectivity index (χ4v) is 1.37. The van der Waals surface area contributed by atoms with Gasteiger partial charge in [-0.2, -0.15) is 0 Å². The number of nitro groups is 1. The van der Waals surface area contributed by atoms with Crippen LogP contribution in [0.15, 0.2) is 11.9 Å². The van der Waals surface area contributed by atoms with Gasteiger partial charge in [0.05, 0.1) is 10.6 Å². The van der Waals surface area contributed by atoms with Crippen molar-refractivity contribution in [1.29, 1.82) is 0 Å². The Labute approximate surface area is 65.6 Å². The molecule has 0 aromatic carbocycles. The maximum atomic E-state index is 10.1. The molecule has 1 fully saturated rings. The van der Waals surface area contributed by atoms with Crippen molar-refractivity contribution in [2.45, 2.75) is 13.3 Å². The molecule has 0 aromatic rings. The molecule has 4 nitrogen and oxygen atoms in total. The molecule has 1 aliphatic heterocycles. The average Bonchev–Trinajstić information content (AvgIpc) is 2.18. The smallest absolute Gasteiger partial charge is 0.253 e. The molecule has 1 heterocycles. The van der Waals surface area contributed by atoms with Crippen LogP contribution in [0.4, 0.5) is 0 Å². The minimum Gasteiger partial charge on any atom is -0.373 e. The number of rotatable bonds is 1. The largest absolute Gasteiger partial charge is 0.373 e. The summed E-state index contributed by atoms with van der Waals surface area (Å²) in [6.45, 7) is 2.94. The van der Waals surface area contributed by atoms with E-state index in [9.17, 15) is 10.1 Å². The minimum absolute atomic E-state index is 0.338. The maximum absolute atomic E-state index is 10.1. The lowest BCUT2D eigenvalue weighted by Crippen LogP contribution is -2.12. The Bertz CT molecular complexity index is 189. The van der Waals surface area contributed by atoms with Gasteiger partial charge >= 0.3 is 0 Å². The molecule has 1 unspecified atom stereocenters. The molecular formula is C7H12N2O2. The number of likely N-dealkylation sites (tertiary alicyclic amines) is 1. The van der Waals surface area contributed by atoms with E-state index in [-0.39, 0.29) is 4.92 Å². The van der Waals surface area contributed by atoms with E-state index >= 15 is 0 Å².